The molecule has 0 saturated heterocycles. The van der Waals surface area contributed by atoms with E-state index in [9.17, 15) is 13.2 Å². The third kappa shape index (κ3) is 3.96. The van der Waals surface area contributed by atoms with E-state index in [0.717, 1.165) is 41.8 Å². The van der Waals surface area contributed by atoms with Crippen LogP contribution in [0.5, 0.6) is 0 Å². The standard InChI is InChI=1S/C23H29N3O3S/c1-16-13-19-14-21(11-12-22(19)26(16)23(27)18-5-4-6-18)30(28,29)24-15-17-7-9-20(10-8-17)25(2)3/h7-12,14,16,18,24H,4-6,13,15H2,1-3H3. The molecule has 2 aromatic rings. The van der Waals surface area contributed by atoms with Crippen LogP contribution in [-0.4, -0.2) is 34.5 Å². The smallest absolute Gasteiger partial charge is 0.240 e. The first kappa shape index (κ1) is 20.9. The van der Waals surface area contributed by atoms with Crippen LogP contribution in [0.1, 0.15) is 37.3 Å². The van der Waals surface area contributed by atoms with Crippen LogP contribution in [0, 0.1) is 5.92 Å². The molecule has 1 atom stereocenters. The molecule has 1 heterocycles. The van der Waals surface area contributed by atoms with Gasteiger partial charge in [0, 0.05) is 44.0 Å². The van der Waals surface area contributed by atoms with Gasteiger partial charge in [-0.1, -0.05) is 18.6 Å². The highest BCUT2D eigenvalue weighted by Gasteiger charge is 2.37. The number of hydrogen-bond donors (Lipinski definition) is 1. The van der Waals surface area contributed by atoms with Crippen LogP contribution in [0.4, 0.5) is 11.4 Å². The summed E-state index contributed by atoms with van der Waals surface area (Å²) in [5.74, 6) is 0.310. The van der Waals surface area contributed by atoms with Gasteiger partial charge in [0.15, 0.2) is 0 Å². The molecular formula is C23H29N3O3S. The Morgan fingerprint density at radius 3 is 2.43 bits per heavy atom. The molecule has 1 fully saturated rings. The number of fused-ring (bicyclic) bond motifs is 1. The van der Waals surface area contributed by atoms with Gasteiger partial charge in [0.05, 0.1) is 4.90 Å². The van der Waals surface area contributed by atoms with E-state index in [0.29, 0.717) is 6.42 Å². The first-order valence-electron chi connectivity index (χ1n) is 10.5. The molecule has 1 amide bonds. The number of carbonyl (C=O) groups is 1. The van der Waals surface area contributed by atoms with Crippen molar-refractivity contribution >= 4 is 27.3 Å². The van der Waals surface area contributed by atoms with Crippen LogP contribution in [0.15, 0.2) is 47.4 Å². The van der Waals surface area contributed by atoms with Crippen molar-refractivity contribution in [2.24, 2.45) is 5.92 Å². The van der Waals surface area contributed by atoms with E-state index in [1.165, 1.54) is 0 Å². The fourth-order valence-corrected chi connectivity index (χ4v) is 5.20. The predicted octanol–water partition coefficient (Wildman–Crippen LogP) is 3.31. The van der Waals surface area contributed by atoms with Gasteiger partial charge in [0.2, 0.25) is 15.9 Å². The highest BCUT2D eigenvalue weighted by atomic mass is 32.2. The van der Waals surface area contributed by atoms with E-state index in [1.54, 1.807) is 18.2 Å². The largest absolute Gasteiger partial charge is 0.378 e. The second kappa shape index (κ2) is 8.04. The molecule has 0 radical (unpaired) electrons. The molecular weight excluding hydrogens is 398 g/mol. The molecule has 1 aliphatic heterocycles. The molecule has 2 aromatic carbocycles. The minimum atomic E-state index is -3.64. The molecule has 0 aromatic heterocycles. The summed E-state index contributed by atoms with van der Waals surface area (Å²) in [4.78, 5) is 16.9. The van der Waals surface area contributed by atoms with E-state index in [-0.39, 0.29) is 29.3 Å². The Balaban J connectivity index is 1.49. The number of amides is 1. The van der Waals surface area contributed by atoms with Crippen molar-refractivity contribution in [3.63, 3.8) is 0 Å². The summed E-state index contributed by atoms with van der Waals surface area (Å²) >= 11 is 0. The number of rotatable bonds is 6. The molecule has 30 heavy (non-hydrogen) atoms. The Bertz CT molecular complexity index is 1040. The summed E-state index contributed by atoms with van der Waals surface area (Å²) in [5.41, 5.74) is 3.75. The van der Waals surface area contributed by atoms with Crippen molar-refractivity contribution in [2.75, 3.05) is 23.9 Å². The van der Waals surface area contributed by atoms with Crippen molar-refractivity contribution in [3.8, 4) is 0 Å². The molecule has 1 saturated carbocycles. The van der Waals surface area contributed by atoms with Gasteiger partial charge in [0.1, 0.15) is 0 Å². The molecule has 1 N–H and O–H groups in total. The van der Waals surface area contributed by atoms with Crippen molar-refractivity contribution < 1.29 is 13.2 Å². The first-order chi connectivity index (χ1) is 14.3. The van der Waals surface area contributed by atoms with E-state index in [2.05, 4.69) is 4.72 Å². The van der Waals surface area contributed by atoms with Gasteiger partial charge in [-0.05, 0) is 67.6 Å². The zero-order chi connectivity index (χ0) is 21.5. The van der Waals surface area contributed by atoms with Crippen LogP contribution in [0.2, 0.25) is 0 Å². The Morgan fingerprint density at radius 2 is 1.83 bits per heavy atom. The highest BCUT2D eigenvalue weighted by molar-refractivity contribution is 7.89. The average molecular weight is 428 g/mol. The Labute approximate surface area is 178 Å². The molecule has 7 heteroatoms. The number of nitrogens with zero attached hydrogens (tertiary/aromatic N) is 2. The lowest BCUT2D eigenvalue weighted by molar-refractivity contribution is -0.125. The van der Waals surface area contributed by atoms with Crippen molar-refractivity contribution in [2.45, 2.75) is 50.1 Å². The van der Waals surface area contributed by atoms with Crippen LogP contribution in [0.3, 0.4) is 0 Å². The van der Waals surface area contributed by atoms with Crippen LogP contribution >= 0.6 is 0 Å². The van der Waals surface area contributed by atoms with Crippen molar-refractivity contribution in [3.05, 3.63) is 53.6 Å². The molecule has 160 valence electrons. The Hall–Kier alpha value is -2.38. The summed E-state index contributed by atoms with van der Waals surface area (Å²) in [5, 5.41) is 0. The monoisotopic (exact) mass is 427 g/mol. The summed E-state index contributed by atoms with van der Waals surface area (Å²) in [6.07, 6.45) is 3.72. The van der Waals surface area contributed by atoms with Gasteiger partial charge < -0.3 is 9.80 Å². The molecule has 0 bridgehead atoms. The molecule has 1 aliphatic carbocycles. The van der Waals surface area contributed by atoms with Crippen molar-refractivity contribution in [1.29, 1.82) is 0 Å². The van der Waals surface area contributed by atoms with E-state index < -0.39 is 10.0 Å². The second-order valence-electron chi connectivity index (χ2n) is 8.57. The maximum atomic E-state index is 12.8. The number of anilines is 2. The van der Waals surface area contributed by atoms with E-state index in [4.69, 9.17) is 0 Å². The fraction of sp³-hybridized carbons (Fsp3) is 0.435. The normalized spacial score (nSPS) is 18.8. The number of nitrogens with one attached hydrogen (secondary N) is 1. The van der Waals surface area contributed by atoms with Gasteiger partial charge in [0.25, 0.3) is 0 Å². The SMILES string of the molecule is CC1Cc2cc(S(=O)(=O)NCc3ccc(N(C)C)cc3)ccc2N1C(=O)C1CCC1. The van der Waals surface area contributed by atoms with Gasteiger partial charge in [-0.25, -0.2) is 13.1 Å². The van der Waals surface area contributed by atoms with Gasteiger partial charge in [-0.2, -0.15) is 0 Å². The second-order valence-corrected chi connectivity index (χ2v) is 10.3. The molecule has 6 nitrogen and oxygen atoms in total. The summed E-state index contributed by atoms with van der Waals surface area (Å²) in [7, 11) is 0.296. The molecule has 2 aliphatic rings. The maximum Gasteiger partial charge on any atom is 0.240 e. The van der Waals surface area contributed by atoms with Gasteiger partial charge in [-0.3, -0.25) is 4.79 Å². The lowest BCUT2D eigenvalue weighted by Crippen LogP contribution is -2.42. The zero-order valence-electron chi connectivity index (χ0n) is 17.8. The zero-order valence-corrected chi connectivity index (χ0v) is 18.6. The number of hydrogen-bond acceptors (Lipinski definition) is 4. The minimum absolute atomic E-state index is 0.0641. The molecule has 0 spiro atoms. The number of sulfonamides is 1. The Kier molecular flexibility index (Phi) is 5.59. The first-order valence-corrected chi connectivity index (χ1v) is 12.0. The quantitative estimate of drug-likeness (QED) is 0.768. The van der Waals surface area contributed by atoms with Gasteiger partial charge >= 0.3 is 0 Å². The lowest BCUT2D eigenvalue weighted by atomic mass is 9.84. The maximum absolute atomic E-state index is 12.8. The summed E-state index contributed by atoms with van der Waals surface area (Å²) < 4.78 is 28.4. The van der Waals surface area contributed by atoms with Crippen LogP contribution in [-0.2, 0) is 27.8 Å². The van der Waals surface area contributed by atoms with Crippen molar-refractivity contribution in [1.82, 2.24) is 4.72 Å². The highest BCUT2D eigenvalue weighted by Crippen LogP contribution is 2.38. The van der Waals surface area contributed by atoms with E-state index in [1.807, 2.05) is 55.1 Å². The predicted molar refractivity (Wildman–Crippen MR) is 119 cm³/mol. The molecule has 1 unspecified atom stereocenters. The fourth-order valence-electron chi connectivity index (χ4n) is 4.14. The molecule has 4 rings (SSSR count). The minimum Gasteiger partial charge on any atom is -0.378 e. The average Bonchev–Trinajstić information content (AvgIpc) is 3.00. The lowest BCUT2D eigenvalue weighted by Gasteiger charge is -2.32. The number of benzene rings is 2. The van der Waals surface area contributed by atoms with E-state index >= 15 is 0 Å². The topological polar surface area (TPSA) is 69.7 Å². The third-order valence-corrected chi connectivity index (χ3v) is 7.59. The van der Waals surface area contributed by atoms with Gasteiger partial charge in [-0.15, -0.1) is 0 Å². The third-order valence-electron chi connectivity index (χ3n) is 6.19. The summed E-state index contributed by atoms with van der Waals surface area (Å²) in [6, 6.07) is 13.0. The van der Waals surface area contributed by atoms with Crippen LogP contribution in [0.25, 0.3) is 0 Å². The Morgan fingerprint density at radius 1 is 1.13 bits per heavy atom. The summed E-state index contributed by atoms with van der Waals surface area (Å²) in [6.45, 7) is 2.26. The van der Waals surface area contributed by atoms with Crippen LogP contribution < -0.4 is 14.5 Å². The number of carbonyl (C=O) groups excluding carboxylic acids is 1.